The number of hydrogen-bond donors (Lipinski definition) is 1. The molecule has 1 aliphatic rings. The molecule has 0 aromatic carbocycles. The average Bonchev–Trinajstić information content (AvgIpc) is 2.49. The third-order valence-corrected chi connectivity index (χ3v) is 2.80. The molecule has 70 valence electrons. The van der Waals surface area contributed by atoms with Crippen molar-refractivity contribution in [1.82, 2.24) is 4.57 Å². The lowest BCUT2D eigenvalue weighted by Crippen LogP contribution is -2.08. The Labute approximate surface area is 77.0 Å². The summed E-state index contributed by atoms with van der Waals surface area (Å²) in [5.41, 5.74) is 0.666. The highest BCUT2D eigenvalue weighted by atomic mass is 16.4. The summed E-state index contributed by atoms with van der Waals surface area (Å²) in [6, 6.07) is 3.81. The Bertz CT molecular complexity index is 352. The smallest absolute Gasteiger partial charge is 0.352 e. The number of aromatic nitrogens is 1. The zero-order valence-corrected chi connectivity index (χ0v) is 7.82. The van der Waals surface area contributed by atoms with E-state index < -0.39 is 5.97 Å². The maximum Gasteiger partial charge on any atom is 0.352 e. The lowest BCUT2D eigenvalue weighted by atomic mass is 10.2. The van der Waals surface area contributed by atoms with E-state index in [4.69, 9.17) is 5.11 Å². The fourth-order valence-electron chi connectivity index (χ4n) is 1.76. The molecule has 1 unspecified atom stereocenters. The van der Waals surface area contributed by atoms with Crippen LogP contribution in [0.1, 0.15) is 36.8 Å². The lowest BCUT2D eigenvalue weighted by Gasteiger charge is -2.07. The van der Waals surface area contributed by atoms with Gasteiger partial charge in [0.15, 0.2) is 0 Å². The van der Waals surface area contributed by atoms with E-state index >= 15 is 0 Å². The molecule has 0 spiro atoms. The Morgan fingerprint density at radius 2 is 2.31 bits per heavy atom. The maximum absolute atomic E-state index is 10.8. The van der Waals surface area contributed by atoms with Gasteiger partial charge in [0.05, 0.1) is 0 Å². The highest BCUT2D eigenvalue weighted by molar-refractivity contribution is 5.85. The van der Waals surface area contributed by atoms with Crippen molar-refractivity contribution < 1.29 is 9.90 Å². The van der Waals surface area contributed by atoms with Crippen LogP contribution < -0.4 is 0 Å². The minimum Gasteiger partial charge on any atom is -0.477 e. The van der Waals surface area contributed by atoms with Gasteiger partial charge in [-0.1, -0.05) is 13.8 Å². The standard InChI is InChI=1S/C10H13NO2/c1-10(2)6-8(10)11-5-3-4-7(11)9(12)13/h3-5,8H,6H2,1-2H3,(H,12,13). The van der Waals surface area contributed by atoms with Crippen LogP contribution in [-0.2, 0) is 0 Å². The van der Waals surface area contributed by atoms with Gasteiger partial charge in [-0.15, -0.1) is 0 Å². The molecule has 1 fully saturated rings. The molecule has 0 amide bonds. The monoisotopic (exact) mass is 179 g/mol. The van der Waals surface area contributed by atoms with Crippen molar-refractivity contribution >= 4 is 5.97 Å². The van der Waals surface area contributed by atoms with Gasteiger partial charge in [-0.3, -0.25) is 0 Å². The molecule has 0 saturated heterocycles. The van der Waals surface area contributed by atoms with Crippen LogP contribution in [0.5, 0.6) is 0 Å². The van der Waals surface area contributed by atoms with Crippen LogP contribution in [-0.4, -0.2) is 15.6 Å². The Kier molecular flexibility index (Phi) is 1.53. The number of nitrogens with zero attached hydrogens (tertiary/aromatic N) is 1. The minimum absolute atomic E-state index is 0.267. The van der Waals surface area contributed by atoms with E-state index in [1.54, 1.807) is 12.1 Å². The maximum atomic E-state index is 10.8. The van der Waals surface area contributed by atoms with E-state index in [0.29, 0.717) is 11.7 Å². The first kappa shape index (κ1) is 8.35. The van der Waals surface area contributed by atoms with Crippen LogP contribution in [0.2, 0.25) is 0 Å². The molecular weight excluding hydrogens is 166 g/mol. The number of carbonyl (C=O) groups is 1. The molecular formula is C10H13NO2. The van der Waals surface area contributed by atoms with Crippen molar-refractivity contribution in [1.29, 1.82) is 0 Å². The first-order chi connectivity index (χ1) is 6.02. The summed E-state index contributed by atoms with van der Waals surface area (Å²) in [5.74, 6) is -0.840. The normalized spacial score (nSPS) is 24.3. The summed E-state index contributed by atoms with van der Waals surface area (Å²) in [6.07, 6.45) is 2.92. The molecule has 0 radical (unpaired) electrons. The van der Waals surface area contributed by atoms with Gasteiger partial charge in [0.2, 0.25) is 0 Å². The molecule has 1 N–H and O–H groups in total. The molecule has 3 nitrogen and oxygen atoms in total. The first-order valence-corrected chi connectivity index (χ1v) is 4.42. The van der Waals surface area contributed by atoms with E-state index in [9.17, 15) is 4.79 Å². The van der Waals surface area contributed by atoms with Crippen molar-refractivity contribution in [3.8, 4) is 0 Å². The third kappa shape index (κ3) is 1.24. The summed E-state index contributed by atoms with van der Waals surface area (Å²) in [5, 5.41) is 8.88. The van der Waals surface area contributed by atoms with E-state index in [1.165, 1.54) is 0 Å². The van der Waals surface area contributed by atoms with Crippen LogP contribution in [0, 0.1) is 5.41 Å². The quantitative estimate of drug-likeness (QED) is 0.755. The third-order valence-electron chi connectivity index (χ3n) is 2.80. The van der Waals surface area contributed by atoms with E-state index in [2.05, 4.69) is 13.8 Å². The summed E-state index contributed by atoms with van der Waals surface area (Å²) >= 11 is 0. The number of carboxylic acids is 1. The van der Waals surface area contributed by atoms with Gasteiger partial charge in [-0.05, 0) is 24.0 Å². The van der Waals surface area contributed by atoms with Crippen molar-refractivity contribution in [2.75, 3.05) is 0 Å². The second-order valence-corrected chi connectivity index (χ2v) is 4.31. The van der Waals surface area contributed by atoms with E-state index in [0.717, 1.165) is 6.42 Å². The molecule has 3 heteroatoms. The number of carboxylic acid groups (broad SMARTS) is 1. The van der Waals surface area contributed by atoms with Gasteiger partial charge >= 0.3 is 5.97 Å². The predicted molar refractivity (Wildman–Crippen MR) is 48.8 cm³/mol. The van der Waals surface area contributed by atoms with Crippen molar-refractivity contribution in [2.45, 2.75) is 26.3 Å². The van der Waals surface area contributed by atoms with Gasteiger partial charge < -0.3 is 9.67 Å². The van der Waals surface area contributed by atoms with Crippen LogP contribution in [0.15, 0.2) is 18.3 Å². The Balaban J connectivity index is 2.32. The fraction of sp³-hybridized carbons (Fsp3) is 0.500. The SMILES string of the molecule is CC1(C)CC1n1cccc1C(=O)O. The molecule has 1 aromatic heterocycles. The second-order valence-electron chi connectivity index (χ2n) is 4.31. The van der Waals surface area contributed by atoms with Crippen LogP contribution in [0.3, 0.4) is 0 Å². The average molecular weight is 179 g/mol. The van der Waals surface area contributed by atoms with Crippen molar-refractivity contribution in [2.24, 2.45) is 5.41 Å². The molecule has 1 aromatic rings. The van der Waals surface area contributed by atoms with Gasteiger partial charge in [0, 0.05) is 12.2 Å². The molecule has 13 heavy (non-hydrogen) atoms. The van der Waals surface area contributed by atoms with E-state index in [1.807, 2.05) is 10.8 Å². The second kappa shape index (κ2) is 2.37. The number of hydrogen-bond acceptors (Lipinski definition) is 1. The van der Waals surface area contributed by atoms with Crippen LogP contribution >= 0.6 is 0 Å². The highest BCUT2D eigenvalue weighted by Gasteiger charge is 2.47. The Morgan fingerprint density at radius 3 is 2.77 bits per heavy atom. The fourth-order valence-corrected chi connectivity index (χ4v) is 1.76. The van der Waals surface area contributed by atoms with Crippen LogP contribution in [0.4, 0.5) is 0 Å². The highest BCUT2D eigenvalue weighted by Crippen LogP contribution is 2.55. The van der Waals surface area contributed by atoms with Crippen molar-refractivity contribution in [3.63, 3.8) is 0 Å². The number of rotatable bonds is 2. The molecule has 0 bridgehead atoms. The van der Waals surface area contributed by atoms with Gasteiger partial charge in [-0.2, -0.15) is 0 Å². The first-order valence-electron chi connectivity index (χ1n) is 4.42. The lowest BCUT2D eigenvalue weighted by molar-refractivity contribution is 0.0684. The minimum atomic E-state index is -0.840. The van der Waals surface area contributed by atoms with Gasteiger partial charge in [0.1, 0.15) is 5.69 Å². The predicted octanol–water partition coefficient (Wildman–Crippen LogP) is 2.16. The van der Waals surface area contributed by atoms with Crippen LogP contribution in [0.25, 0.3) is 0 Å². The largest absolute Gasteiger partial charge is 0.477 e. The zero-order valence-electron chi connectivity index (χ0n) is 7.82. The summed E-state index contributed by atoms with van der Waals surface area (Å²) in [6.45, 7) is 4.31. The Hall–Kier alpha value is -1.25. The summed E-state index contributed by atoms with van der Waals surface area (Å²) in [4.78, 5) is 10.8. The zero-order chi connectivity index (χ0) is 9.64. The van der Waals surface area contributed by atoms with Crippen molar-refractivity contribution in [3.05, 3.63) is 24.0 Å². The molecule has 0 aliphatic heterocycles. The summed E-state index contributed by atoms with van der Waals surface area (Å²) in [7, 11) is 0. The molecule has 1 atom stereocenters. The number of aromatic carboxylic acids is 1. The molecule has 1 saturated carbocycles. The van der Waals surface area contributed by atoms with E-state index in [-0.39, 0.29) is 5.41 Å². The topological polar surface area (TPSA) is 42.2 Å². The van der Waals surface area contributed by atoms with Gasteiger partial charge in [-0.25, -0.2) is 4.79 Å². The molecule has 1 heterocycles. The summed E-state index contributed by atoms with van der Waals surface area (Å²) < 4.78 is 1.86. The molecule has 1 aliphatic carbocycles. The van der Waals surface area contributed by atoms with Gasteiger partial charge in [0.25, 0.3) is 0 Å². The molecule has 2 rings (SSSR count). The Morgan fingerprint density at radius 1 is 1.69 bits per heavy atom.